The van der Waals surface area contributed by atoms with Gasteiger partial charge in [-0.3, -0.25) is 14.9 Å². The summed E-state index contributed by atoms with van der Waals surface area (Å²) in [6.45, 7) is 0.268. The van der Waals surface area contributed by atoms with E-state index in [4.69, 9.17) is 23.7 Å². The standard InChI is InChI=1S/C27H24N2O9/c1-34-21-7-13(8-22(35-2)26(21)30)23-16-9-19-20(38-12-37-19)10-17(16)25(18-11-36-27(31)24(18)23)28-14-3-5-15(6-4-14)29(32)33/h3-10,18,23-25,28,30H,11-12H2,1-2H3/t18-,23-,24-,25+/m0/s1. The Bertz CT molecular complexity index is 1410. The topological polar surface area (TPSA) is 139 Å². The van der Waals surface area contributed by atoms with Crippen molar-refractivity contribution >= 4 is 17.3 Å². The number of benzene rings is 3. The van der Waals surface area contributed by atoms with Crippen molar-refractivity contribution in [2.75, 3.05) is 32.9 Å². The number of esters is 1. The summed E-state index contributed by atoms with van der Waals surface area (Å²) in [6.07, 6.45) is 0. The van der Waals surface area contributed by atoms with Crippen LogP contribution in [0.4, 0.5) is 11.4 Å². The molecule has 11 nitrogen and oxygen atoms in total. The number of rotatable bonds is 6. The van der Waals surface area contributed by atoms with E-state index in [1.807, 2.05) is 12.1 Å². The molecular weight excluding hydrogens is 496 g/mol. The minimum atomic E-state index is -0.572. The van der Waals surface area contributed by atoms with E-state index in [9.17, 15) is 20.0 Å². The van der Waals surface area contributed by atoms with Crippen molar-refractivity contribution in [1.82, 2.24) is 0 Å². The number of cyclic esters (lactones) is 1. The maximum atomic E-state index is 13.2. The summed E-state index contributed by atoms with van der Waals surface area (Å²) >= 11 is 0. The molecule has 0 bridgehead atoms. The molecule has 0 radical (unpaired) electrons. The van der Waals surface area contributed by atoms with Gasteiger partial charge in [-0.05, 0) is 53.1 Å². The van der Waals surface area contributed by atoms with Gasteiger partial charge in [0.1, 0.15) is 0 Å². The number of nitro benzene ring substituents is 1. The summed E-state index contributed by atoms with van der Waals surface area (Å²) in [5, 5.41) is 25.1. The Morgan fingerprint density at radius 1 is 0.974 bits per heavy atom. The van der Waals surface area contributed by atoms with Gasteiger partial charge in [0, 0.05) is 29.7 Å². The first-order valence-electron chi connectivity index (χ1n) is 12.0. The SMILES string of the molecule is COc1cc([C@H]2c3cc4c(cc3[C@@H](Nc3ccc([N+](=O)[O-])cc3)[C@H]3COC(=O)[C@H]23)OCO4)cc(OC)c1O. The van der Waals surface area contributed by atoms with Crippen LogP contribution in [0.25, 0.3) is 0 Å². The zero-order valence-corrected chi connectivity index (χ0v) is 20.5. The summed E-state index contributed by atoms with van der Waals surface area (Å²) in [6, 6.07) is 12.9. The molecule has 0 spiro atoms. The number of nitrogens with one attached hydrogen (secondary N) is 1. The van der Waals surface area contributed by atoms with Gasteiger partial charge >= 0.3 is 5.97 Å². The van der Waals surface area contributed by atoms with E-state index in [1.54, 1.807) is 24.3 Å². The Morgan fingerprint density at radius 3 is 2.21 bits per heavy atom. The maximum absolute atomic E-state index is 13.2. The highest BCUT2D eigenvalue weighted by Gasteiger charge is 2.52. The number of nitro groups is 1. The van der Waals surface area contributed by atoms with Crippen LogP contribution in [0.2, 0.25) is 0 Å². The Balaban J connectivity index is 1.51. The van der Waals surface area contributed by atoms with E-state index >= 15 is 0 Å². The maximum Gasteiger partial charge on any atom is 0.310 e. The summed E-state index contributed by atoms with van der Waals surface area (Å²) in [5.41, 5.74) is 3.05. The molecule has 0 saturated carbocycles. The van der Waals surface area contributed by atoms with E-state index in [2.05, 4.69) is 5.32 Å². The first kappa shape index (κ1) is 23.7. The van der Waals surface area contributed by atoms with Crippen LogP contribution < -0.4 is 24.3 Å². The van der Waals surface area contributed by atoms with Gasteiger partial charge in [-0.1, -0.05) is 0 Å². The van der Waals surface area contributed by atoms with Gasteiger partial charge in [0.2, 0.25) is 12.5 Å². The molecular formula is C27H24N2O9. The van der Waals surface area contributed by atoms with Gasteiger partial charge < -0.3 is 34.1 Å². The number of nitrogens with zero attached hydrogens (tertiary/aromatic N) is 1. The van der Waals surface area contributed by atoms with Crippen LogP contribution in [0.15, 0.2) is 48.5 Å². The van der Waals surface area contributed by atoms with Crippen molar-refractivity contribution < 1.29 is 38.5 Å². The van der Waals surface area contributed by atoms with Gasteiger partial charge in [-0.15, -0.1) is 0 Å². The Kier molecular flexibility index (Phi) is 5.63. The second kappa shape index (κ2) is 9.02. The van der Waals surface area contributed by atoms with E-state index in [1.165, 1.54) is 26.4 Å². The number of aromatic hydroxyl groups is 1. The molecule has 1 aliphatic carbocycles. The van der Waals surface area contributed by atoms with Crippen LogP contribution in [0.5, 0.6) is 28.7 Å². The molecule has 1 fully saturated rings. The van der Waals surface area contributed by atoms with Crippen molar-refractivity contribution in [3.05, 3.63) is 75.3 Å². The molecule has 3 aromatic rings. The number of hydrogen-bond donors (Lipinski definition) is 2. The molecule has 2 heterocycles. The number of fused-ring (bicyclic) bond motifs is 3. The van der Waals surface area contributed by atoms with Crippen LogP contribution in [0.1, 0.15) is 28.7 Å². The molecule has 0 unspecified atom stereocenters. The minimum Gasteiger partial charge on any atom is -0.502 e. The highest BCUT2D eigenvalue weighted by atomic mass is 16.7. The molecule has 6 rings (SSSR count). The number of non-ortho nitro benzene ring substituents is 1. The fourth-order valence-electron chi connectivity index (χ4n) is 5.70. The molecule has 2 aliphatic heterocycles. The predicted molar refractivity (Wildman–Crippen MR) is 133 cm³/mol. The third kappa shape index (κ3) is 3.69. The number of carbonyl (C=O) groups is 1. The van der Waals surface area contributed by atoms with Crippen molar-refractivity contribution in [3.8, 4) is 28.7 Å². The van der Waals surface area contributed by atoms with E-state index in [0.717, 1.165) is 11.1 Å². The van der Waals surface area contributed by atoms with E-state index in [0.29, 0.717) is 22.7 Å². The molecule has 38 heavy (non-hydrogen) atoms. The highest BCUT2D eigenvalue weighted by Crippen LogP contribution is 2.56. The summed E-state index contributed by atoms with van der Waals surface area (Å²) < 4.78 is 27.7. The average molecular weight is 520 g/mol. The second-order valence-corrected chi connectivity index (χ2v) is 9.33. The lowest BCUT2D eigenvalue weighted by Gasteiger charge is -2.40. The quantitative estimate of drug-likeness (QED) is 0.277. The number of ether oxygens (including phenoxy) is 5. The largest absolute Gasteiger partial charge is 0.502 e. The molecule has 1 saturated heterocycles. The molecule has 0 amide bonds. The van der Waals surface area contributed by atoms with E-state index in [-0.39, 0.29) is 54.3 Å². The lowest BCUT2D eigenvalue weighted by molar-refractivity contribution is -0.384. The number of methoxy groups -OCH3 is 2. The van der Waals surface area contributed by atoms with Gasteiger partial charge in [0.15, 0.2) is 23.0 Å². The summed E-state index contributed by atoms with van der Waals surface area (Å²) in [7, 11) is 2.89. The van der Waals surface area contributed by atoms with Crippen molar-refractivity contribution in [2.24, 2.45) is 11.8 Å². The van der Waals surface area contributed by atoms with Gasteiger partial charge in [-0.25, -0.2) is 0 Å². The van der Waals surface area contributed by atoms with Gasteiger partial charge in [0.25, 0.3) is 5.69 Å². The highest BCUT2D eigenvalue weighted by molar-refractivity contribution is 5.79. The third-order valence-electron chi connectivity index (χ3n) is 7.45. The normalized spacial score (nSPS) is 22.7. The second-order valence-electron chi connectivity index (χ2n) is 9.33. The molecule has 0 aromatic heterocycles. The van der Waals surface area contributed by atoms with Gasteiger partial charge in [-0.2, -0.15) is 0 Å². The van der Waals surface area contributed by atoms with E-state index < -0.39 is 16.8 Å². The smallest absolute Gasteiger partial charge is 0.310 e. The zero-order valence-electron chi connectivity index (χ0n) is 20.5. The van der Waals surface area contributed by atoms with Crippen molar-refractivity contribution in [1.29, 1.82) is 0 Å². The molecule has 3 aliphatic rings. The first-order chi connectivity index (χ1) is 18.4. The number of phenols is 1. The lowest BCUT2D eigenvalue weighted by Crippen LogP contribution is -2.37. The summed E-state index contributed by atoms with van der Waals surface area (Å²) in [5.74, 6) is -0.204. The van der Waals surface area contributed by atoms with Crippen LogP contribution >= 0.6 is 0 Å². The number of hydrogen-bond acceptors (Lipinski definition) is 10. The first-order valence-corrected chi connectivity index (χ1v) is 12.0. The fraction of sp³-hybridized carbons (Fsp3) is 0.296. The Morgan fingerprint density at radius 2 is 1.61 bits per heavy atom. The van der Waals surface area contributed by atoms with Crippen molar-refractivity contribution in [2.45, 2.75) is 12.0 Å². The van der Waals surface area contributed by atoms with Crippen LogP contribution in [0, 0.1) is 22.0 Å². The van der Waals surface area contributed by atoms with Crippen LogP contribution in [0.3, 0.4) is 0 Å². The zero-order chi connectivity index (χ0) is 26.6. The fourth-order valence-corrected chi connectivity index (χ4v) is 5.70. The number of carbonyl (C=O) groups excluding carboxylic acids is 1. The number of phenolic OH excluding ortho intramolecular Hbond substituents is 1. The third-order valence-corrected chi connectivity index (χ3v) is 7.45. The monoisotopic (exact) mass is 520 g/mol. The summed E-state index contributed by atoms with van der Waals surface area (Å²) in [4.78, 5) is 23.9. The van der Waals surface area contributed by atoms with Crippen molar-refractivity contribution in [3.63, 3.8) is 0 Å². The molecule has 4 atom stereocenters. The Hall–Kier alpha value is -4.67. The lowest BCUT2D eigenvalue weighted by atomic mass is 9.65. The average Bonchev–Trinajstić information content (AvgIpc) is 3.54. The van der Waals surface area contributed by atoms with Crippen LogP contribution in [-0.4, -0.2) is 43.6 Å². The van der Waals surface area contributed by atoms with Crippen LogP contribution in [-0.2, 0) is 9.53 Å². The predicted octanol–water partition coefficient (Wildman–Crippen LogP) is 4.13. The molecule has 196 valence electrons. The number of anilines is 1. The van der Waals surface area contributed by atoms with Gasteiger partial charge in [0.05, 0.1) is 37.7 Å². The Labute approximate surface area is 217 Å². The molecule has 11 heteroatoms. The molecule has 3 aromatic carbocycles. The minimum absolute atomic E-state index is 0.0181. The molecule has 2 N–H and O–H groups in total.